The van der Waals surface area contributed by atoms with Gasteiger partial charge in [0.2, 0.25) is 5.82 Å². The number of aryl methyl sites for hydroxylation is 1. The Bertz CT molecular complexity index is 385. The van der Waals surface area contributed by atoms with Crippen molar-refractivity contribution in [2.75, 3.05) is 0 Å². The lowest BCUT2D eigenvalue weighted by atomic mass is 10.1. The molecule has 2 rings (SSSR count). The number of imidazole rings is 1. The minimum atomic E-state index is -0.434. The highest BCUT2D eigenvalue weighted by molar-refractivity contribution is 5.31. The van der Waals surface area contributed by atoms with Crippen LogP contribution in [0.25, 0.3) is 0 Å². The van der Waals surface area contributed by atoms with Gasteiger partial charge in [-0.05, 0) is 29.2 Å². The molecule has 2 N–H and O–H groups in total. The topological polar surface area (TPSA) is 87.0 Å². The van der Waals surface area contributed by atoms with Crippen molar-refractivity contribution in [2.45, 2.75) is 32.4 Å². The predicted molar refractivity (Wildman–Crippen MR) is 49.8 cm³/mol. The third-order valence-electron chi connectivity index (χ3n) is 2.58. The first kappa shape index (κ1) is 9.14. The van der Waals surface area contributed by atoms with Gasteiger partial charge in [0.05, 0.1) is 6.17 Å². The average molecular weight is 196 g/mol. The van der Waals surface area contributed by atoms with Gasteiger partial charge in [-0.15, -0.1) is 0 Å². The van der Waals surface area contributed by atoms with E-state index in [1.54, 1.807) is 11.5 Å². The molecule has 6 heteroatoms. The Morgan fingerprint density at radius 1 is 1.71 bits per heavy atom. The van der Waals surface area contributed by atoms with Crippen molar-refractivity contribution >= 4 is 5.82 Å². The fourth-order valence-electron chi connectivity index (χ4n) is 2.00. The van der Waals surface area contributed by atoms with Crippen LogP contribution >= 0.6 is 0 Å². The largest absolute Gasteiger partial charge is 0.385 e. The van der Waals surface area contributed by atoms with E-state index in [0.717, 1.165) is 12.8 Å². The quantitative estimate of drug-likeness (QED) is 0.533. The number of hydrogen-bond donors (Lipinski definition) is 1. The van der Waals surface area contributed by atoms with Crippen molar-refractivity contribution in [3.63, 3.8) is 0 Å². The highest BCUT2D eigenvalue weighted by atomic mass is 16.6. The molecule has 1 atom stereocenters. The number of nitro groups is 1. The molecule has 14 heavy (non-hydrogen) atoms. The van der Waals surface area contributed by atoms with Gasteiger partial charge >= 0.3 is 5.82 Å². The summed E-state index contributed by atoms with van der Waals surface area (Å²) in [7, 11) is 0. The van der Waals surface area contributed by atoms with Gasteiger partial charge in [-0.25, -0.2) is 0 Å². The molecule has 2 heterocycles. The third kappa shape index (κ3) is 1.19. The lowest BCUT2D eigenvalue weighted by molar-refractivity contribution is -0.390. The molecule has 76 valence electrons. The zero-order valence-corrected chi connectivity index (χ0v) is 7.93. The minimum absolute atomic E-state index is 0.0300. The van der Waals surface area contributed by atoms with E-state index in [9.17, 15) is 10.1 Å². The summed E-state index contributed by atoms with van der Waals surface area (Å²) in [5, 5.41) is 10.7. The average Bonchev–Trinajstić information content (AvgIpc) is 2.45. The number of nitrogens with zero attached hydrogens (tertiary/aromatic N) is 3. The van der Waals surface area contributed by atoms with Gasteiger partial charge in [0, 0.05) is 6.92 Å². The number of aromatic nitrogens is 2. The number of fused-ring (bicyclic) bond motifs is 1. The van der Waals surface area contributed by atoms with Crippen molar-refractivity contribution in [1.82, 2.24) is 9.55 Å². The van der Waals surface area contributed by atoms with Crippen LogP contribution in [0.3, 0.4) is 0 Å². The molecular weight excluding hydrogens is 184 g/mol. The van der Waals surface area contributed by atoms with Crippen LogP contribution in [0.15, 0.2) is 0 Å². The number of rotatable bonds is 1. The van der Waals surface area contributed by atoms with Crippen LogP contribution in [0, 0.1) is 17.0 Å². The van der Waals surface area contributed by atoms with Crippen LogP contribution in [0.5, 0.6) is 0 Å². The zero-order valence-electron chi connectivity index (χ0n) is 7.93. The molecule has 6 nitrogen and oxygen atoms in total. The fourth-order valence-corrected chi connectivity index (χ4v) is 2.00. The Kier molecular flexibility index (Phi) is 1.99. The molecule has 0 bridgehead atoms. The van der Waals surface area contributed by atoms with E-state index in [4.69, 9.17) is 5.73 Å². The summed E-state index contributed by atoms with van der Waals surface area (Å²) in [6.07, 6.45) is 2.30. The molecule has 0 saturated heterocycles. The Balaban J connectivity index is 2.57. The third-order valence-corrected chi connectivity index (χ3v) is 2.58. The lowest BCUT2D eigenvalue weighted by Crippen LogP contribution is -2.25. The Labute approximate surface area is 80.9 Å². The molecule has 0 radical (unpaired) electrons. The van der Waals surface area contributed by atoms with Gasteiger partial charge in [-0.1, -0.05) is 0 Å². The normalized spacial score (nSPS) is 20.6. The summed E-state index contributed by atoms with van der Waals surface area (Å²) >= 11 is 0. The molecule has 1 aromatic heterocycles. The summed E-state index contributed by atoms with van der Waals surface area (Å²) in [5.41, 5.74) is 6.53. The van der Waals surface area contributed by atoms with Gasteiger partial charge < -0.3 is 15.8 Å². The van der Waals surface area contributed by atoms with Crippen molar-refractivity contribution in [1.29, 1.82) is 0 Å². The van der Waals surface area contributed by atoms with Crippen molar-refractivity contribution in [3.05, 3.63) is 21.6 Å². The summed E-state index contributed by atoms with van der Waals surface area (Å²) < 4.78 is 1.78. The van der Waals surface area contributed by atoms with Gasteiger partial charge in [-0.2, -0.15) is 0 Å². The van der Waals surface area contributed by atoms with E-state index < -0.39 is 4.92 Å². The smallest absolute Gasteiger partial charge is 0.358 e. The van der Waals surface area contributed by atoms with Crippen molar-refractivity contribution in [3.8, 4) is 0 Å². The van der Waals surface area contributed by atoms with E-state index in [2.05, 4.69) is 4.98 Å². The van der Waals surface area contributed by atoms with Gasteiger partial charge in [-0.3, -0.25) is 4.57 Å². The molecule has 0 spiro atoms. The Morgan fingerprint density at radius 2 is 2.43 bits per heavy atom. The van der Waals surface area contributed by atoms with Crippen LogP contribution in [0.4, 0.5) is 5.82 Å². The maximum Gasteiger partial charge on any atom is 0.385 e. The highest BCUT2D eigenvalue weighted by Crippen LogP contribution is 2.29. The second-order valence-electron chi connectivity index (χ2n) is 3.52. The second-order valence-corrected chi connectivity index (χ2v) is 3.52. The van der Waals surface area contributed by atoms with Crippen LogP contribution < -0.4 is 5.73 Å². The van der Waals surface area contributed by atoms with E-state index in [1.165, 1.54) is 0 Å². The van der Waals surface area contributed by atoms with Gasteiger partial charge in [0.25, 0.3) is 0 Å². The molecule has 0 aromatic carbocycles. The summed E-state index contributed by atoms with van der Waals surface area (Å²) in [4.78, 5) is 14.2. The number of hydrogen-bond acceptors (Lipinski definition) is 4. The highest BCUT2D eigenvalue weighted by Gasteiger charge is 2.30. The van der Waals surface area contributed by atoms with E-state index in [0.29, 0.717) is 17.9 Å². The van der Waals surface area contributed by atoms with Crippen LogP contribution in [-0.4, -0.2) is 14.5 Å². The second kappa shape index (κ2) is 3.06. The first-order valence-electron chi connectivity index (χ1n) is 4.59. The predicted octanol–water partition coefficient (Wildman–Crippen LogP) is 0.893. The molecule has 0 fully saturated rings. The Hall–Kier alpha value is -1.43. The lowest BCUT2D eigenvalue weighted by Gasteiger charge is -2.20. The molecule has 0 saturated carbocycles. The molecular formula is C8H12N4O2. The maximum atomic E-state index is 10.7. The molecule has 1 aliphatic rings. The molecule has 1 aromatic rings. The van der Waals surface area contributed by atoms with Crippen LogP contribution in [-0.2, 0) is 6.42 Å². The summed E-state index contributed by atoms with van der Waals surface area (Å²) in [5.74, 6) is 0.608. The van der Waals surface area contributed by atoms with Crippen molar-refractivity contribution in [2.24, 2.45) is 5.73 Å². The minimum Gasteiger partial charge on any atom is -0.358 e. The standard InChI is InChI=1S/C8H12N4O2/c1-5-10-8(12(13)14)6-3-2-4-7(9)11(5)6/h7H,2-4,9H2,1H3. The van der Waals surface area contributed by atoms with Gasteiger partial charge in [0.1, 0.15) is 5.69 Å². The molecule has 0 amide bonds. The van der Waals surface area contributed by atoms with Crippen LogP contribution in [0.1, 0.15) is 30.5 Å². The van der Waals surface area contributed by atoms with E-state index in [-0.39, 0.29) is 12.0 Å². The first-order chi connectivity index (χ1) is 6.61. The molecule has 1 aliphatic heterocycles. The molecule has 0 aliphatic carbocycles. The summed E-state index contributed by atoms with van der Waals surface area (Å²) in [6, 6.07) is 0. The molecule has 1 unspecified atom stereocenters. The number of nitrogens with two attached hydrogens (primary N) is 1. The van der Waals surface area contributed by atoms with Crippen LogP contribution in [0.2, 0.25) is 0 Å². The Morgan fingerprint density at radius 3 is 3.07 bits per heavy atom. The van der Waals surface area contributed by atoms with Gasteiger partial charge in [0.15, 0.2) is 0 Å². The fraction of sp³-hybridized carbons (Fsp3) is 0.625. The monoisotopic (exact) mass is 196 g/mol. The maximum absolute atomic E-state index is 10.7. The van der Waals surface area contributed by atoms with Crippen molar-refractivity contribution < 1.29 is 4.92 Å². The van der Waals surface area contributed by atoms with E-state index in [1.807, 2.05) is 0 Å². The summed E-state index contributed by atoms with van der Waals surface area (Å²) in [6.45, 7) is 1.75. The zero-order chi connectivity index (χ0) is 10.3. The first-order valence-corrected chi connectivity index (χ1v) is 4.59. The SMILES string of the molecule is Cc1nc([N+](=O)[O-])c2n1C(N)CCC2. The van der Waals surface area contributed by atoms with E-state index >= 15 is 0 Å².